The molecule has 0 bridgehead atoms. The van der Waals surface area contributed by atoms with Crippen LogP contribution < -0.4 is 11.2 Å². The zero-order valence-corrected chi connectivity index (χ0v) is 12.1. The zero-order valence-electron chi connectivity index (χ0n) is 12.1. The van der Waals surface area contributed by atoms with Gasteiger partial charge in [0.05, 0.1) is 7.05 Å². The lowest BCUT2D eigenvalue weighted by Gasteiger charge is -2.00. The molecule has 0 aromatic carbocycles. The predicted octanol–water partition coefficient (Wildman–Crippen LogP) is -0.560. The Bertz CT molecular complexity index is 808. The molecule has 0 amide bonds. The first-order valence-corrected chi connectivity index (χ1v) is 6.06. The van der Waals surface area contributed by atoms with Gasteiger partial charge in [0.25, 0.3) is 5.82 Å². The van der Waals surface area contributed by atoms with E-state index in [0.29, 0.717) is 5.69 Å². The van der Waals surface area contributed by atoms with Gasteiger partial charge >= 0.3 is 5.82 Å². The van der Waals surface area contributed by atoms with Crippen molar-refractivity contribution in [1.29, 1.82) is 5.26 Å². The molecule has 0 saturated heterocycles. The number of hydrogen-bond acceptors (Lipinski definition) is 7. The van der Waals surface area contributed by atoms with Crippen LogP contribution in [0.3, 0.4) is 0 Å². The lowest BCUT2D eigenvalue weighted by molar-refractivity contribution is -0.391. The van der Waals surface area contributed by atoms with Crippen LogP contribution in [0, 0.1) is 21.4 Å². The third-order valence-corrected chi connectivity index (χ3v) is 3.00. The summed E-state index contributed by atoms with van der Waals surface area (Å²) < 4.78 is 2.63. The molecule has 2 rings (SSSR count). The standard InChI is InChI=1S/C11H13N9O2/c1-14-16-10(13)9-6(4-12)8(17-19(9)3)11-15-5-7(18(11)2)20(21)22/h5,14H,1-3H3,(H2,13,16). The molecule has 0 atom stereocenters. The number of aryl methyl sites for hydroxylation is 1. The molecular weight excluding hydrogens is 290 g/mol. The minimum atomic E-state index is -0.566. The molecule has 2 aromatic heterocycles. The van der Waals surface area contributed by atoms with Crippen LogP contribution in [0.15, 0.2) is 11.3 Å². The van der Waals surface area contributed by atoms with Crippen molar-refractivity contribution in [3.8, 4) is 17.6 Å². The number of nitrogens with two attached hydrogens (primary N) is 1. The molecule has 0 aliphatic carbocycles. The topological polar surface area (TPSA) is 153 Å². The molecule has 0 spiro atoms. The highest BCUT2D eigenvalue weighted by Gasteiger charge is 2.27. The number of hydrazone groups is 1. The summed E-state index contributed by atoms with van der Waals surface area (Å²) in [5.74, 6) is 0.0642. The van der Waals surface area contributed by atoms with Gasteiger partial charge < -0.3 is 21.3 Å². The summed E-state index contributed by atoms with van der Waals surface area (Å²) in [5.41, 5.74) is 8.98. The summed E-state index contributed by atoms with van der Waals surface area (Å²) in [7, 11) is 4.63. The average molecular weight is 303 g/mol. The molecule has 0 aliphatic heterocycles. The highest BCUT2D eigenvalue weighted by Crippen LogP contribution is 2.26. The van der Waals surface area contributed by atoms with Crippen molar-refractivity contribution < 1.29 is 4.92 Å². The second-order valence-electron chi connectivity index (χ2n) is 4.28. The van der Waals surface area contributed by atoms with Crippen LogP contribution in [0.5, 0.6) is 0 Å². The number of rotatable bonds is 4. The lowest BCUT2D eigenvalue weighted by atomic mass is 10.1. The maximum atomic E-state index is 10.9. The predicted molar refractivity (Wildman–Crippen MR) is 76.6 cm³/mol. The highest BCUT2D eigenvalue weighted by molar-refractivity contribution is 5.99. The molecule has 0 fully saturated rings. The Morgan fingerprint density at radius 1 is 1.59 bits per heavy atom. The molecule has 11 heteroatoms. The van der Waals surface area contributed by atoms with Gasteiger partial charge in [0.15, 0.2) is 11.5 Å². The maximum absolute atomic E-state index is 10.9. The van der Waals surface area contributed by atoms with Crippen molar-refractivity contribution in [3.63, 3.8) is 0 Å². The van der Waals surface area contributed by atoms with E-state index in [1.165, 1.54) is 16.3 Å². The van der Waals surface area contributed by atoms with Crippen LogP contribution in [0.25, 0.3) is 11.5 Å². The second-order valence-corrected chi connectivity index (χ2v) is 4.28. The second kappa shape index (κ2) is 5.52. The number of nitrogens with zero attached hydrogens (tertiary/aromatic N) is 7. The van der Waals surface area contributed by atoms with Crippen LogP contribution in [0.1, 0.15) is 11.3 Å². The Morgan fingerprint density at radius 3 is 2.77 bits per heavy atom. The smallest absolute Gasteiger partial charge is 0.342 e. The number of aromatic nitrogens is 4. The minimum Gasteiger partial charge on any atom is -0.380 e. The van der Waals surface area contributed by atoms with Crippen LogP contribution >= 0.6 is 0 Å². The quantitative estimate of drug-likeness (QED) is 0.332. The van der Waals surface area contributed by atoms with Gasteiger partial charge in [0.1, 0.15) is 23.5 Å². The van der Waals surface area contributed by atoms with Crippen molar-refractivity contribution in [3.05, 3.63) is 27.6 Å². The van der Waals surface area contributed by atoms with Gasteiger partial charge in [-0.2, -0.15) is 15.5 Å². The highest BCUT2D eigenvalue weighted by atomic mass is 16.6. The Hall–Kier alpha value is -3.42. The monoisotopic (exact) mass is 303 g/mol. The van der Waals surface area contributed by atoms with E-state index in [2.05, 4.69) is 20.6 Å². The van der Waals surface area contributed by atoms with Crippen molar-refractivity contribution >= 4 is 11.7 Å². The number of nitriles is 1. The van der Waals surface area contributed by atoms with E-state index in [4.69, 9.17) is 5.73 Å². The van der Waals surface area contributed by atoms with E-state index < -0.39 is 4.92 Å². The molecule has 114 valence electrons. The first-order valence-electron chi connectivity index (χ1n) is 6.06. The van der Waals surface area contributed by atoms with E-state index in [1.54, 1.807) is 14.1 Å². The molecular formula is C11H13N9O2. The first kappa shape index (κ1) is 15.0. The lowest BCUT2D eigenvalue weighted by Crippen LogP contribution is -2.21. The summed E-state index contributed by atoms with van der Waals surface area (Å²) in [6.07, 6.45) is 1.11. The Balaban J connectivity index is 2.69. The molecule has 11 nitrogen and oxygen atoms in total. The fraction of sp³-hybridized carbons (Fsp3) is 0.273. The molecule has 2 aromatic rings. The van der Waals surface area contributed by atoms with E-state index in [0.717, 1.165) is 6.20 Å². The van der Waals surface area contributed by atoms with Gasteiger partial charge in [0, 0.05) is 14.1 Å². The van der Waals surface area contributed by atoms with Crippen molar-refractivity contribution in [2.45, 2.75) is 0 Å². The molecule has 0 saturated carbocycles. The number of imidazole rings is 1. The van der Waals surface area contributed by atoms with Gasteiger partial charge in [0.2, 0.25) is 0 Å². The van der Waals surface area contributed by atoms with Crippen LogP contribution in [0.4, 0.5) is 5.82 Å². The Labute approximate surface area is 124 Å². The average Bonchev–Trinajstić information content (AvgIpc) is 2.98. The summed E-state index contributed by atoms with van der Waals surface area (Å²) in [5, 5.41) is 28.3. The van der Waals surface area contributed by atoms with E-state index in [1.807, 2.05) is 6.07 Å². The van der Waals surface area contributed by atoms with Crippen LogP contribution in [-0.2, 0) is 14.1 Å². The number of nitro groups is 1. The number of amidine groups is 1. The molecule has 0 aliphatic rings. The number of nitrogens with one attached hydrogen (secondary N) is 1. The molecule has 2 heterocycles. The fourth-order valence-electron chi connectivity index (χ4n) is 2.04. The molecule has 3 N–H and O–H groups in total. The Morgan fingerprint density at radius 2 is 2.27 bits per heavy atom. The van der Waals surface area contributed by atoms with Crippen LogP contribution in [0.2, 0.25) is 0 Å². The van der Waals surface area contributed by atoms with Gasteiger partial charge in [-0.1, -0.05) is 0 Å². The zero-order chi connectivity index (χ0) is 16.4. The third-order valence-electron chi connectivity index (χ3n) is 3.00. The van der Waals surface area contributed by atoms with Gasteiger partial charge in [-0.25, -0.2) is 9.55 Å². The molecule has 22 heavy (non-hydrogen) atoms. The molecule has 0 radical (unpaired) electrons. The van der Waals surface area contributed by atoms with Crippen LogP contribution in [-0.4, -0.2) is 37.1 Å². The van der Waals surface area contributed by atoms with Gasteiger partial charge in [-0.15, -0.1) is 0 Å². The number of hydrogen-bond donors (Lipinski definition) is 2. The maximum Gasteiger partial charge on any atom is 0.342 e. The van der Waals surface area contributed by atoms with Gasteiger partial charge in [-0.3, -0.25) is 4.68 Å². The normalized spacial score (nSPS) is 11.3. The summed E-state index contributed by atoms with van der Waals surface area (Å²) >= 11 is 0. The summed E-state index contributed by atoms with van der Waals surface area (Å²) in [6.45, 7) is 0. The first-order chi connectivity index (χ1) is 10.4. The van der Waals surface area contributed by atoms with Gasteiger partial charge in [-0.05, 0) is 4.92 Å². The SMILES string of the molecule is CNN=C(N)c1c(C#N)c(-c2ncc([N+](=O)[O-])n2C)nn1C. The van der Waals surface area contributed by atoms with Crippen molar-refractivity contribution in [2.24, 2.45) is 24.9 Å². The Kier molecular flexibility index (Phi) is 3.76. The largest absolute Gasteiger partial charge is 0.380 e. The van der Waals surface area contributed by atoms with Crippen molar-refractivity contribution in [1.82, 2.24) is 24.8 Å². The fourth-order valence-corrected chi connectivity index (χ4v) is 2.04. The minimum absolute atomic E-state index is 0.0732. The van der Waals surface area contributed by atoms with Crippen molar-refractivity contribution in [2.75, 3.05) is 7.05 Å². The van der Waals surface area contributed by atoms with E-state index in [9.17, 15) is 15.4 Å². The summed E-state index contributed by atoms with van der Waals surface area (Å²) in [6, 6.07) is 1.99. The molecule has 0 unspecified atom stereocenters. The van der Waals surface area contributed by atoms with E-state index >= 15 is 0 Å². The summed E-state index contributed by atoms with van der Waals surface area (Å²) in [4.78, 5) is 14.3. The van der Waals surface area contributed by atoms with E-state index in [-0.39, 0.29) is 28.7 Å². The third kappa shape index (κ3) is 2.22.